The second-order valence-corrected chi connectivity index (χ2v) is 14.6. The maximum atomic E-state index is 13.5. The van der Waals surface area contributed by atoms with Crippen LogP contribution in [0.3, 0.4) is 0 Å². The quantitative estimate of drug-likeness (QED) is 0.145. The van der Waals surface area contributed by atoms with E-state index >= 15 is 0 Å². The zero-order valence-electron chi connectivity index (χ0n) is 29.6. The Hall–Kier alpha value is -5.35. The molecule has 0 saturated carbocycles. The predicted octanol–water partition coefficient (Wildman–Crippen LogP) is 9.30. The lowest BCUT2D eigenvalue weighted by atomic mass is 9.95. The number of hydrogen-bond donors (Lipinski definition) is 1. The number of fused-ring (bicyclic) bond motifs is 2. The zero-order valence-corrected chi connectivity index (χ0v) is 30.4. The molecule has 4 heterocycles. The number of carboxylic acid groups (broad SMARTS) is 1. The molecule has 2 aliphatic rings. The number of ether oxygens (including phenoxy) is 1. The molecule has 10 nitrogen and oxygen atoms in total. The van der Waals surface area contributed by atoms with Crippen molar-refractivity contribution in [1.29, 1.82) is 5.26 Å². The maximum Gasteiger partial charge on any atom is 0.387 e. The number of nitrogens with zero attached hydrogens (tertiary/aromatic N) is 5. The third-order valence-electron chi connectivity index (χ3n) is 10.5. The molecule has 276 valence electrons. The van der Waals surface area contributed by atoms with E-state index in [2.05, 4.69) is 17.9 Å². The number of alkyl halides is 2. The van der Waals surface area contributed by atoms with Gasteiger partial charge < -0.3 is 18.7 Å². The summed E-state index contributed by atoms with van der Waals surface area (Å²) in [6.07, 6.45) is 2.33. The molecule has 2 saturated heterocycles. The highest BCUT2D eigenvalue weighted by Crippen LogP contribution is 2.41. The second kappa shape index (κ2) is 14.5. The fourth-order valence-electron chi connectivity index (χ4n) is 7.83. The average molecular weight is 752 g/mol. The average Bonchev–Trinajstić information content (AvgIpc) is 3.95. The van der Waals surface area contributed by atoms with Crippen LogP contribution in [0, 0.1) is 24.2 Å². The van der Waals surface area contributed by atoms with Crippen molar-refractivity contribution < 1.29 is 32.3 Å². The van der Waals surface area contributed by atoms with Crippen LogP contribution in [-0.4, -0.2) is 63.1 Å². The van der Waals surface area contributed by atoms with Crippen molar-refractivity contribution in [2.24, 2.45) is 5.92 Å². The summed E-state index contributed by atoms with van der Waals surface area (Å²) >= 11 is 7.12. The first-order chi connectivity index (χ1) is 26.1. The standard InChI is InChI=1S/C41H36ClF2N5O5/c1-22-11-13-48(19-22)20-24-14-25(18-45)37-32(15-24)47-39(54-37)30-9-4-8-29(36(30)42)27-6-3-7-28(23(27)2)38-46-31-16-26(21-49-12-5-10-33(49)40(50)51)34(53-41(43)44)17-35(31)52-38/h3-4,6-9,14-17,22,33,41H,5,10-13,19-21H2,1-2H3,(H,50,51)/t22-,33-/m0/s1. The third kappa shape index (κ3) is 6.79. The van der Waals surface area contributed by atoms with E-state index in [-0.39, 0.29) is 23.8 Å². The SMILES string of the molecule is Cc1c(-c2nc3cc(CN4CCC[C@H]4C(=O)O)c(OC(F)F)cc3o2)cccc1-c1cccc(-c2nc3cc(CN4CC[C@H](C)C4)cc(C#N)c3o2)c1Cl. The van der Waals surface area contributed by atoms with E-state index in [0.29, 0.717) is 80.7 Å². The number of oxazole rings is 2. The summed E-state index contributed by atoms with van der Waals surface area (Å²) in [7, 11) is 0. The Morgan fingerprint density at radius 1 is 1.00 bits per heavy atom. The summed E-state index contributed by atoms with van der Waals surface area (Å²) in [5.74, 6) is 0.171. The van der Waals surface area contributed by atoms with Gasteiger partial charge in [0.25, 0.3) is 0 Å². The fourth-order valence-corrected chi connectivity index (χ4v) is 8.14. The zero-order chi connectivity index (χ0) is 37.7. The molecule has 2 atom stereocenters. The molecule has 0 radical (unpaired) electrons. The number of aliphatic carboxylic acids is 1. The number of benzene rings is 4. The van der Waals surface area contributed by atoms with Crippen LogP contribution in [0.15, 0.2) is 69.5 Å². The lowest BCUT2D eigenvalue weighted by Crippen LogP contribution is -2.35. The maximum absolute atomic E-state index is 13.5. The van der Waals surface area contributed by atoms with Gasteiger partial charge in [0.15, 0.2) is 11.2 Å². The van der Waals surface area contributed by atoms with Crippen molar-refractivity contribution in [2.75, 3.05) is 19.6 Å². The molecule has 54 heavy (non-hydrogen) atoms. The minimum Gasteiger partial charge on any atom is -0.480 e. The summed E-state index contributed by atoms with van der Waals surface area (Å²) in [5.41, 5.74) is 7.03. The van der Waals surface area contributed by atoms with Crippen LogP contribution in [0.1, 0.15) is 48.4 Å². The van der Waals surface area contributed by atoms with Gasteiger partial charge in [-0.2, -0.15) is 14.0 Å². The van der Waals surface area contributed by atoms with Gasteiger partial charge in [0.1, 0.15) is 28.9 Å². The molecule has 0 unspecified atom stereocenters. The Bertz CT molecular complexity index is 2460. The van der Waals surface area contributed by atoms with Gasteiger partial charge >= 0.3 is 12.6 Å². The number of likely N-dealkylation sites (tertiary alicyclic amines) is 2. The van der Waals surface area contributed by atoms with Crippen molar-refractivity contribution in [3.05, 3.63) is 87.9 Å². The first-order valence-electron chi connectivity index (χ1n) is 17.9. The lowest BCUT2D eigenvalue weighted by Gasteiger charge is -2.22. The molecule has 2 aromatic heterocycles. The van der Waals surface area contributed by atoms with Gasteiger partial charge in [0, 0.05) is 42.4 Å². The Labute approximate surface area is 314 Å². The molecule has 0 bridgehead atoms. The van der Waals surface area contributed by atoms with Crippen LogP contribution in [-0.2, 0) is 17.9 Å². The first-order valence-corrected chi connectivity index (χ1v) is 18.2. The number of nitriles is 1. The number of rotatable bonds is 10. The lowest BCUT2D eigenvalue weighted by molar-refractivity contribution is -0.142. The van der Waals surface area contributed by atoms with E-state index in [9.17, 15) is 23.9 Å². The summed E-state index contributed by atoms with van der Waals surface area (Å²) in [5, 5.41) is 20.0. The highest BCUT2D eigenvalue weighted by molar-refractivity contribution is 6.36. The van der Waals surface area contributed by atoms with Crippen molar-refractivity contribution in [2.45, 2.75) is 58.9 Å². The Morgan fingerprint density at radius 2 is 1.74 bits per heavy atom. The molecule has 0 spiro atoms. The molecule has 1 N–H and O–H groups in total. The summed E-state index contributed by atoms with van der Waals surface area (Å²) in [6, 6.07) is 19.6. The van der Waals surface area contributed by atoms with E-state index in [0.717, 1.165) is 42.7 Å². The molecule has 4 aromatic carbocycles. The van der Waals surface area contributed by atoms with Gasteiger partial charge in [0.05, 0.1) is 16.1 Å². The van der Waals surface area contributed by atoms with E-state index < -0.39 is 18.6 Å². The first kappa shape index (κ1) is 35.7. The Morgan fingerprint density at radius 3 is 2.48 bits per heavy atom. The molecular weight excluding hydrogens is 716 g/mol. The second-order valence-electron chi connectivity index (χ2n) is 14.2. The topological polar surface area (TPSA) is 129 Å². The van der Waals surface area contributed by atoms with Gasteiger partial charge in [-0.25, -0.2) is 9.97 Å². The van der Waals surface area contributed by atoms with Crippen LogP contribution in [0.2, 0.25) is 5.02 Å². The molecule has 13 heteroatoms. The van der Waals surface area contributed by atoms with Crippen LogP contribution in [0.4, 0.5) is 8.78 Å². The van der Waals surface area contributed by atoms with E-state index in [4.69, 9.17) is 35.1 Å². The van der Waals surface area contributed by atoms with Gasteiger partial charge in [-0.15, -0.1) is 0 Å². The van der Waals surface area contributed by atoms with Gasteiger partial charge in [-0.05, 0) is 92.2 Å². The van der Waals surface area contributed by atoms with Crippen molar-refractivity contribution >= 4 is 39.8 Å². The van der Waals surface area contributed by atoms with E-state index in [1.165, 1.54) is 6.07 Å². The van der Waals surface area contributed by atoms with E-state index in [1.807, 2.05) is 55.5 Å². The minimum atomic E-state index is -3.08. The smallest absolute Gasteiger partial charge is 0.387 e. The van der Waals surface area contributed by atoms with Crippen molar-refractivity contribution in [3.8, 4) is 45.9 Å². The fraction of sp³-hybridized carbons (Fsp3) is 0.317. The largest absolute Gasteiger partial charge is 0.480 e. The molecule has 8 rings (SSSR count). The van der Waals surface area contributed by atoms with Crippen LogP contribution < -0.4 is 4.74 Å². The number of carboxylic acids is 1. The number of hydrogen-bond acceptors (Lipinski definition) is 9. The number of halogens is 3. The predicted molar refractivity (Wildman–Crippen MR) is 199 cm³/mol. The molecule has 0 amide bonds. The number of aromatic nitrogens is 2. The van der Waals surface area contributed by atoms with Gasteiger partial charge in [0.2, 0.25) is 11.8 Å². The van der Waals surface area contributed by atoms with Crippen molar-refractivity contribution in [3.63, 3.8) is 0 Å². The number of carbonyl (C=O) groups is 1. The van der Waals surface area contributed by atoms with E-state index in [1.54, 1.807) is 11.0 Å². The van der Waals surface area contributed by atoms with Crippen molar-refractivity contribution in [1.82, 2.24) is 19.8 Å². The van der Waals surface area contributed by atoms with Gasteiger partial charge in [-0.3, -0.25) is 14.6 Å². The molecule has 2 aliphatic heterocycles. The highest BCUT2D eigenvalue weighted by Gasteiger charge is 2.32. The van der Waals surface area contributed by atoms with Crippen LogP contribution >= 0.6 is 11.6 Å². The normalized spacial score (nSPS) is 17.9. The summed E-state index contributed by atoms with van der Waals surface area (Å²) in [6.45, 7) is 4.49. The van der Waals surface area contributed by atoms with Gasteiger partial charge in [-0.1, -0.05) is 42.8 Å². The molecule has 2 fully saturated rings. The van der Waals surface area contributed by atoms with Crippen LogP contribution in [0.5, 0.6) is 5.75 Å². The molecular formula is C41H36ClF2N5O5. The summed E-state index contributed by atoms with van der Waals surface area (Å²) < 4.78 is 44.2. The highest BCUT2D eigenvalue weighted by atomic mass is 35.5. The molecule has 0 aliphatic carbocycles. The minimum absolute atomic E-state index is 0.0937. The third-order valence-corrected chi connectivity index (χ3v) is 10.9. The Balaban J connectivity index is 1.13. The molecule has 6 aromatic rings. The Kier molecular flexibility index (Phi) is 9.56. The monoisotopic (exact) mass is 751 g/mol. The summed E-state index contributed by atoms with van der Waals surface area (Å²) in [4.78, 5) is 25.4. The van der Waals surface area contributed by atoms with Crippen LogP contribution in [0.25, 0.3) is 56.2 Å².